The van der Waals surface area contributed by atoms with Crippen LogP contribution in [0.5, 0.6) is 0 Å². The third-order valence-corrected chi connectivity index (χ3v) is 6.34. The quantitative estimate of drug-likeness (QED) is 0.531. The summed E-state index contributed by atoms with van der Waals surface area (Å²) in [7, 11) is 2.06. The van der Waals surface area contributed by atoms with Crippen LogP contribution < -0.4 is 5.32 Å². The Balaban J connectivity index is 1.50. The number of nitrogens with zero attached hydrogens (tertiary/aromatic N) is 4. The predicted octanol–water partition coefficient (Wildman–Crippen LogP) is 4.60. The van der Waals surface area contributed by atoms with Crippen LogP contribution in [0.3, 0.4) is 0 Å². The molecule has 0 aliphatic carbocycles. The highest BCUT2D eigenvalue weighted by Gasteiger charge is 2.24. The second kappa shape index (κ2) is 8.02. The van der Waals surface area contributed by atoms with Gasteiger partial charge in [-0.3, -0.25) is 14.8 Å². The molecule has 1 aliphatic rings. The predicted molar refractivity (Wildman–Crippen MR) is 125 cm³/mol. The highest BCUT2D eigenvalue weighted by atomic mass is 16.2. The smallest absolute Gasteiger partial charge is 0.219 e. The van der Waals surface area contributed by atoms with E-state index in [0.717, 1.165) is 53.8 Å². The van der Waals surface area contributed by atoms with Crippen molar-refractivity contribution in [2.45, 2.75) is 32.2 Å². The largest absolute Gasteiger partial charge is 0.383 e. The second-order valence-electron chi connectivity index (χ2n) is 8.39. The van der Waals surface area contributed by atoms with E-state index in [1.165, 1.54) is 17.3 Å². The molecule has 5 rings (SSSR count). The third kappa shape index (κ3) is 3.74. The highest BCUT2D eigenvalue weighted by molar-refractivity contribution is 5.97. The fraction of sp³-hybridized carbons (Fsp3) is 0.320. The van der Waals surface area contributed by atoms with Crippen LogP contribution in [0.15, 0.2) is 55.0 Å². The molecule has 1 saturated heterocycles. The van der Waals surface area contributed by atoms with Gasteiger partial charge >= 0.3 is 0 Å². The zero-order valence-corrected chi connectivity index (χ0v) is 18.0. The number of aromatic nitrogens is 3. The van der Waals surface area contributed by atoms with Crippen molar-refractivity contribution in [2.24, 2.45) is 7.05 Å². The summed E-state index contributed by atoms with van der Waals surface area (Å²) in [5.74, 6) is 0.160. The van der Waals surface area contributed by atoms with Gasteiger partial charge in [-0.1, -0.05) is 6.07 Å². The maximum Gasteiger partial charge on any atom is 0.219 e. The van der Waals surface area contributed by atoms with E-state index in [1.54, 1.807) is 19.3 Å². The fourth-order valence-corrected chi connectivity index (χ4v) is 4.71. The van der Waals surface area contributed by atoms with Crippen molar-refractivity contribution in [3.8, 4) is 11.1 Å². The van der Waals surface area contributed by atoms with E-state index in [4.69, 9.17) is 0 Å². The Morgan fingerprint density at radius 1 is 1.13 bits per heavy atom. The van der Waals surface area contributed by atoms with Gasteiger partial charge in [0.25, 0.3) is 0 Å². The van der Waals surface area contributed by atoms with Gasteiger partial charge in [-0.15, -0.1) is 0 Å². The molecule has 31 heavy (non-hydrogen) atoms. The minimum absolute atomic E-state index is 0.160. The molecule has 3 heterocycles. The normalized spacial score (nSPS) is 16.7. The molecule has 158 valence electrons. The zero-order chi connectivity index (χ0) is 21.4. The first-order valence-corrected chi connectivity index (χ1v) is 10.9. The standard InChI is InChI=1S/C25H27N5O/c1-17(31)30-11-4-3-5-21(30)16-28-20-14-22(25-23(15-20)26-9-10-27-25)18-6-7-24-19(13-18)8-12-29(24)2/h6-10,12-15,21,28H,3-5,11,16H2,1-2H3. The second-order valence-corrected chi connectivity index (χ2v) is 8.39. The molecule has 1 N–H and O–H groups in total. The first-order chi connectivity index (χ1) is 15.1. The van der Waals surface area contributed by atoms with E-state index in [-0.39, 0.29) is 11.9 Å². The lowest BCUT2D eigenvalue weighted by Gasteiger charge is -2.35. The van der Waals surface area contributed by atoms with E-state index < -0.39 is 0 Å². The summed E-state index contributed by atoms with van der Waals surface area (Å²) in [5, 5.41) is 4.78. The number of likely N-dealkylation sites (tertiary alicyclic amines) is 1. The maximum absolute atomic E-state index is 12.0. The summed E-state index contributed by atoms with van der Waals surface area (Å²) in [4.78, 5) is 23.2. The van der Waals surface area contributed by atoms with Gasteiger partial charge in [0.1, 0.15) is 0 Å². The molecule has 1 aliphatic heterocycles. The molecular formula is C25H27N5O. The molecule has 1 fully saturated rings. The molecule has 6 nitrogen and oxygen atoms in total. The van der Waals surface area contributed by atoms with Crippen molar-refractivity contribution in [3.05, 3.63) is 55.0 Å². The molecule has 2 aromatic heterocycles. The van der Waals surface area contributed by atoms with Crippen molar-refractivity contribution >= 4 is 33.5 Å². The minimum Gasteiger partial charge on any atom is -0.383 e. The lowest BCUT2D eigenvalue weighted by molar-refractivity contribution is -0.132. The average Bonchev–Trinajstić information content (AvgIpc) is 3.17. The van der Waals surface area contributed by atoms with Crippen LogP contribution in [0.2, 0.25) is 0 Å². The van der Waals surface area contributed by atoms with Gasteiger partial charge in [0.2, 0.25) is 5.91 Å². The van der Waals surface area contributed by atoms with E-state index in [2.05, 4.69) is 63.4 Å². The van der Waals surface area contributed by atoms with Gasteiger partial charge in [0, 0.05) is 73.8 Å². The minimum atomic E-state index is 0.160. The number of benzene rings is 2. The summed E-state index contributed by atoms with van der Waals surface area (Å²) in [6.07, 6.45) is 8.85. The molecule has 0 radical (unpaired) electrons. The molecule has 0 bridgehead atoms. The van der Waals surface area contributed by atoms with Crippen LogP contribution in [-0.4, -0.2) is 44.5 Å². The van der Waals surface area contributed by atoms with Crippen molar-refractivity contribution in [2.75, 3.05) is 18.4 Å². The van der Waals surface area contributed by atoms with E-state index in [0.29, 0.717) is 0 Å². The number of hydrogen-bond donors (Lipinski definition) is 1. The monoisotopic (exact) mass is 413 g/mol. The van der Waals surface area contributed by atoms with Crippen LogP contribution in [0.25, 0.3) is 33.1 Å². The SMILES string of the molecule is CC(=O)N1CCCCC1CNc1cc(-c2ccc3c(ccn3C)c2)c2nccnc2c1. The van der Waals surface area contributed by atoms with E-state index >= 15 is 0 Å². The van der Waals surface area contributed by atoms with Crippen LogP contribution in [-0.2, 0) is 11.8 Å². The summed E-state index contributed by atoms with van der Waals surface area (Å²) >= 11 is 0. The lowest BCUT2D eigenvalue weighted by atomic mass is 10.00. The molecule has 2 aromatic carbocycles. The molecule has 1 unspecified atom stereocenters. The molecule has 1 amide bonds. The van der Waals surface area contributed by atoms with E-state index in [9.17, 15) is 4.79 Å². The van der Waals surface area contributed by atoms with Crippen LogP contribution in [0.1, 0.15) is 26.2 Å². The molecule has 1 atom stereocenters. The molecule has 0 saturated carbocycles. The number of carbonyl (C=O) groups is 1. The summed E-state index contributed by atoms with van der Waals surface area (Å²) in [5.41, 5.74) is 6.15. The van der Waals surface area contributed by atoms with Gasteiger partial charge in [-0.05, 0) is 55.2 Å². The van der Waals surface area contributed by atoms with Crippen molar-refractivity contribution in [1.29, 1.82) is 0 Å². The van der Waals surface area contributed by atoms with Gasteiger partial charge in [-0.25, -0.2) is 0 Å². The molecule has 6 heteroatoms. The Kier molecular flexibility index (Phi) is 5.06. The van der Waals surface area contributed by atoms with Crippen molar-refractivity contribution in [1.82, 2.24) is 19.4 Å². The number of fused-ring (bicyclic) bond motifs is 2. The number of anilines is 1. The number of rotatable bonds is 4. The van der Waals surface area contributed by atoms with Gasteiger partial charge in [-0.2, -0.15) is 0 Å². The average molecular weight is 414 g/mol. The third-order valence-electron chi connectivity index (χ3n) is 6.34. The van der Waals surface area contributed by atoms with Crippen molar-refractivity contribution in [3.63, 3.8) is 0 Å². The summed E-state index contributed by atoms with van der Waals surface area (Å²) < 4.78 is 2.12. The Labute approximate surface area is 181 Å². The number of nitrogens with one attached hydrogen (secondary N) is 1. The van der Waals surface area contributed by atoms with Crippen molar-refractivity contribution < 1.29 is 4.79 Å². The Hall–Kier alpha value is -3.41. The number of amides is 1. The van der Waals surface area contributed by atoms with Gasteiger partial charge in [0.05, 0.1) is 11.0 Å². The maximum atomic E-state index is 12.0. The topological polar surface area (TPSA) is 63.1 Å². The van der Waals surface area contributed by atoms with Crippen LogP contribution in [0, 0.1) is 0 Å². The number of aryl methyl sites for hydroxylation is 1. The Bertz CT molecular complexity index is 1260. The lowest BCUT2D eigenvalue weighted by Crippen LogP contribution is -2.46. The van der Waals surface area contributed by atoms with Crippen LogP contribution in [0.4, 0.5) is 5.69 Å². The van der Waals surface area contributed by atoms with Crippen LogP contribution >= 0.6 is 0 Å². The van der Waals surface area contributed by atoms with Gasteiger partial charge < -0.3 is 14.8 Å². The molecule has 4 aromatic rings. The molecular weight excluding hydrogens is 386 g/mol. The Morgan fingerprint density at radius 2 is 2.00 bits per heavy atom. The summed E-state index contributed by atoms with van der Waals surface area (Å²) in [6.45, 7) is 3.26. The number of hydrogen-bond acceptors (Lipinski definition) is 4. The summed E-state index contributed by atoms with van der Waals surface area (Å²) in [6, 6.07) is 13.1. The highest BCUT2D eigenvalue weighted by Crippen LogP contribution is 2.32. The first kappa shape index (κ1) is 19.5. The first-order valence-electron chi connectivity index (χ1n) is 10.9. The fourth-order valence-electron chi connectivity index (χ4n) is 4.71. The number of piperidine rings is 1. The van der Waals surface area contributed by atoms with Gasteiger partial charge in [0.15, 0.2) is 0 Å². The van der Waals surface area contributed by atoms with E-state index in [1.807, 2.05) is 11.0 Å². The molecule has 0 spiro atoms. The number of carbonyl (C=O) groups excluding carboxylic acids is 1. The zero-order valence-electron chi connectivity index (χ0n) is 18.0. The Morgan fingerprint density at radius 3 is 2.87 bits per heavy atom.